The van der Waals surface area contributed by atoms with Gasteiger partial charge in [-0.1, -0.05) is 20.8 Å². The Morgan fingerprint density at radius 1 is 1.30 bits per heavy atom. The van der Waals surface area contributed by atoms with Gasteiger partial charge in [-0.2, -0.15) is 0 Å². The van der Waals surface area contributed by atoms with E-state index in [2.05, 4.69) is 39.0 Å². The maximum atomic E-state index is 2.47. The molecule has 0 aliphatic rings. The highest BCUT2D eigenvalue weighted by Crippen LogP contribution is 2.03. The normalized spacial score (nSPS) is 14.1. The molecule has 0 aromatic heterocycles. The summed E-state index contributed by atoms with van der Waals surface area (Å²) < 4.78 is 0. The fourth-order valence-electron chi connectivity index (χ4n) is 1.34. The molecule has 0 aromatic rings. The highest BCUT2D eigenvalue weighted by atomic mass is 15.1. The zero-order chi connectivity index (χ0) is 7.98. The first kappa shape index (κ1) is 9.96. The minimum atomic E-state index is 0.722. The summed E-state index contributed by atoms with van der Waals surface area (Å²) in [6.07, 6.45) is 3.45. The quantitative estimate of drug-likeness (QED) is 0.569. The molecular formula is C9H20N. The summed E-state index contributed by atoms with van der Waals surface area (Å²) >= 11 is 0. The molecule has 1 atom stereocenters. The van der Waals surface area contributed by atoms with Gasteiger partial charge in [-0.3, -0.25) is 0 Å². The summed E-state index contributed by atoms with van der Waals surface area (Å²) in [6, 6.07) is 0.722. The number of hydrogen-bond acceptors (Lipinski definition) is 1. The molecule has 0 N–H and O–H groups in total. The van der Waals surface area contributed by atoms with Gasteiger partial charge in [-0.25, -0.2) is 0 Å². The Bertz CT molecular complexity index is 67.1. The SMILES string of the molecule is C[CH]CC(C)N(CC)CC. The molecule has 1 unspecified atom stereocenters. The van der Waals surface area contributed by atoms with Gasteiger partial charge < -0.3 is 4.90 Å². The van der Waals surface area contributed by atoms with E-state index in [0.29, 0.717) is 0 Å². The molecule has 0 aromatic carbocycles. The molecule has 0 heterocycles. The van der Waals surface area contributed by atoms with E-state index < -0.39 is 0 Å². The van der Waals surface area contributed by atoms with E-state index in [0.717, 1.165) is 6.04 Å². The first-order valence-electron chi connectivity index (χ1n) is 4.28. The monoisotopic (exact) mass is 142 g/mol. The molecule has 10 heavy (non-hydrogen) atoms. The third-order valence-electron chi connectivity index (χ3n) is 2.01. The first-order valence-corrected chi connectivity index (χ1v) is 4.28. The average Bonchev–Trinajstić information content (AvgIpc) is 1.91. The van der Waals surface area contributed by atoms with Gasteiger partial charge in [0.25, 0.3) is 0 Å². The Kier molecular flexibility index (Phi) is 5.70. The van der Waals surface area contributed by atoms with E-state index in [9.17, 15) is 0 Å². The van der Waals surface area contributed by atoms with Crippen molar-refractivity contribution in [1.29, 1.82) is 0 Å². The van der Waals surface area contributed by atoms with E-state index in [-0.39, 0.29) is 0 Å². The Labute approximate surface area is 65.4 Å². The van der Waals surface area contributed by atoms with Crippen LogP contribution < -0.4 is 0 Å². The maximum Gasteiger partial charge on any atom is 0.00693 e. The standard InChI is InChI=1S/C9H20N/c1-5-8-9(4)10(6-2)7-3/h5,9H,6-8H2,1-4H3. The van der Waals surface area contributed by atoms with Crippen molar-refractivity contribution < 1.29 is 0 Å². The van der Waals surface area contributed by atoms with E-state index in [4.69, 9.17) is 0 Å². The smallest absolute Gasteiger partial charge is 0.00693 e. The lowest BCUT2D eigenvalue weighted by Gasteiger charge is -2.25. The summed E-state index contributed by atoms with van der Waals surface area (Å²) in [6.45, 7) is 11.2. The summed E-state index contributed by atoms with van der Waals surface area (Å²) in [4.78, 5) is 2.47. The second kappa shape index (κ2) is 5.72. The maximum absolute atomic E-state index is 2.47. The molecule has 0 aliphatic carbocycles. The minimum Gasteiger partial charge on any atom is -0.301 e. The van der Waals surface area contributed by atoms with Crippen molar-refractivity contribution in [3.63, 3.8) is 0 Å². The topological polar surface area (TPSA) is 3.24 Å². The van der Waals surface area contributed by atoms with Gasteiger partial charge in [-0.05, 0) is 32.9 Å². The fraction of sp³-hybridized carbons (Fsp3) is 0.889. The van der Waals surface area contributed by atoms with Crippen molar-refractivity contribution in [2.45, 2.75) is 40.2 Å². The second-order valence-corrected chi connectivity index (χ2v) is 2.71. The van der Waals surface area contributed by atoms with Gasteiger partial charge in [0.05, 0.1) is 0 Å². The zero-order valence-corrected chi connectivity index (χ0v) is 7.72. The molecule has 0 bridgehead atoms. The second-order valence-electron chi connectivity index (χ2n) is 2.71. The van der Waals surface area contributed by atoms with Crippen LogP contribution in [0.1, 0.15) is 34.1 Å². The minimum absolute atomic E-state index is 0.722. The summed E-state index contributed by atoms with van der Waals surface area (Å²) in [5.41, 5.74) is 0. The summed E-state index contributed by atoms with van der Waals surface area (Å²) in [7, 11) is 0. The van der Waals surface area contributed by atoms with Crippen molar-refractivity contribution in [2.24, 2.45) is 0 Å². The van der Waals surface area contributed by atoms with Crippen LogP contribution in [0.4, 0.5) is 0 Å². The lowest BCUT2D eigenvalue weighted by atomic mass is 10.1. The summed E-state index contributed by atoms with van der Waals surface area (Å²) in [5, 5.41) is 0. The van der Waals surface area contributed by atoms with Gasteiger partial charge in [-0.15, -0.1) is 0 Å². The molecule has 0 saturated carbocycles. The van der Waals surface area contributed by atoms with Crippen LogP contribution in [0.5, 0.6) is 0 Å². The van der Waals surface area contributed by atoms with Gasteiger partial charge >= 0.3 is 0 Å². The predicted octanol–water partition coefficient (Wildman–Crippen LogP) is 2.33. The van der Waals surface area contributed by atoms with Crippen molar-refractivity contribution in [2.75, 3.05) is 13.1 Å². The molecule has 0 aliphatic heterocycles. The molecule has 0 saturated heterocycles. The van der Waals surface area contributed by atoms with Crippen molar-refractivity contribution in [3.05, 3.63) is 6.42 Å². The van der Waals surface area contributed by atoms with Crippen LogP contribution in [0.15, 0.2) is 0 Å². The van der Waals surface area contributed by atoms with E-state index in [1.165, 1.54) is 19.5 Å². The first-order chi connectivity index (χ1) is 4.76. The molecular weight excluding hydrogens is 122 g/mol. The molecule has 1 radical (unpaired) electrons. The highest BCUT2D eigenvalue weighted by Gasteiger charge is 2.07. The molecule has 0 fully saturated rings. The number of nitrogens with zero attached hydrogens (tertiary/aromatic N) is 1. The Balaban J connectivity index is 3.53. The van der Waals surface area contributed by atoms with Gasteiger partial charge in [0.2, 0.25) is 0 Å². The van der Waals surface area contributed by atoms with Gasteiger partial charge in [0, 0.05) is 6.04 Å². The fourth-order valence-corrected chi connectivity index (χ4v) is 1.34. The third kappa shape index (κ3) is 3.21. The van der Waals surface area contributed by atoms with Crippen molar-refractivity contribution in [3.8, 4) is 0 Å². The molecule has 0 amide bonds. The molecule has 1 heteroatoms. The molecule has 0 spiro atoms. The van der Waals surface area contributed by atoms with E-state index in [1.54, 1.807) is 0 Å². The lowest BCUT2D eigenvalue weighted by molar-refractivity contribution is 0.229. The van der Waals surface area contributed by atoms with Crippen LogP contribution in [0.2, 0.25) is 0 Å². The molecule has 0 rings (SSSR count). The third-order valence-corrected chi connectivity index (χ3v) is 2.01. The zero-order valence-electron chi connectivity index (χ0n) is 7.72. The van der Waals surface area contributed by atoms with Crippen LogP contribution >= 0.6 is 0 Å². The van der Waals surface area contributed by atoms with Gasteiger partial charge in [0.15, 0.2) is 0 Å². The van der Waals surface area contributed by atoms with Crippen LogP contribution in [0, 0.1) is 6.42 Å². The predicted molar refractivity (Wildman–Crippen MR) is 47.0 cm³/mol. The van der Waals surface area contributed by atoms with Crippen molar-refractivity contribution in [1.82, 2.24) is 4.90 Å². The van der Waals surface area contributed by atoms with E-state index in [1.807, 2.05) is 0 Å². The Hall–Kier alpha value is -0.0400. The highest BCUT2D eigenvalue weighted by molar-refractivity contribution is 4.70. The molecule has 1 nitrogen and oxygen atoms in total. The largest absolute Gasteiger partial charge is 0.301 e. The van der Waals surface area contributed by atoms with Gasteiger partial charge in [0.1, 0.15) is 0 Å². The Morgan fingerprint density at radius 3 is 2.10 bits per heavy atom. The number of hydrogen-bond donors (Lipinski definition) is 0. The molecule has 61 valence electrons. The number of rotatable bonds is 5. The Morgan fingerprint density at radius 2 is 1.80 bits per heavy atom. The van der Waals surface area contributed by atoms with Crippen LogP contribution in [-0.4, -0.2) is 24.0 Å². The van der Waals surface area contributed by atoms with Crippen LogP contribution in [-0.2, 0) is 0 Å². The van der Waals surface area contributed by atoms with E-state index >= 15 is 0 Å². The average molecular weight is 142 g/mol. The lowest BCUT2D eigenvalue weighted by Crippen LogP contribution is -2.32. The van der Waals surface area contributed by atoms with Crippen molar-refractivity contribution >= 4 is 0 Å². The summed E-state index contributed by atoms with van der Waals surface area (Å²) in [5.74, 6) is 0. The van der Waals surface area contributed by atoms with Crippen LogP contribution in [0.25, 0.3) is 0 Å². The van der Waals surface area contributed by atoms with Crippen LogP contribution in [0.3, 0.4) is 0 Å².